The zero-order valence-electron chi connectivity index (χ0n) is 13.7. The van der Waals surface area contributed by atoms with Gasteiger partial charge in [0.25, 0.3) is 0 Å². The van der Waals surface area contributed by atoms with Gasteiger partial charge in [0.2, 0.25) is 0 Å². The van der Waals surface area contributed by atoms with Gasteiger partial charge in [0.1, 0.15) is 24.3 Å². The number of nitriles is 1. The number of anilines is 1. The topological polar surface area (TPSA) is 53.3 Å². The summed E-state index contributed by atoms with van der Waals surface area (Å²) in [5, 5.41) is 8.87. The molecule has 0 radical (unpaired) electrons. The van der Waals surface area contributed by atoms with E-state index in [0.717, 1.165) is 4.90 Å². The summed E-state index contributed by atoms with van der Waals surface area (Å²) in [5.41, 5.74) is -0.607. The summed E-state index contributed by atoms with van der Waals surface area (Å²) in [6, 6.07) is 4.50. The highest BCUT2D eigenvalue weighted by atomic mass is 35.5. The van der Waals surface area contributed by atoms with Crippen molar-refractivity contribution >= 4 is 23.3 Å². The number of hydrogen-bond donors (Lipinski definition) is 0. The number of esters is 1. The minimum absolute atomic E-state index is 0.0126. The van der Waals surface area contributed by atoms with Crippen molar-refractivity contribution in [3.05, 3.63) is 28.8 Å². The molecule has 0 bridgehead atoms. The number of rotatable bonds is 4. The lowest BCUT2D eigenvalue weighted by Gasteiger charge is -2.32. The molecular formula is C16H18ClF3N2O2. The molecule has 24 heavy (non-hydrogen) atoms. The van der Waals surface area contributed by atoms with Crippen LogP contribution in [0.1, 0.15) is 33.3 Å². The Hall–Kier alpha value is -1.94. The number of hydrogen-bond acceptors (Lipinski definition) is 4. The van der Waals surface area contributed by atoms with E-state index in [1.807, 2.05) is 6.07 Å². The first-order valence-electron chi connectivity index (χ1n) is 7.10. The first-order chi connectivity index (χ1) is 10.8. The lowest BCUT2D eigenvalue weighted by atomic mass is 10.1. The molecule has 0 aliphatic heterocycles. The maximum absolute atomic E-state index is 12.9. The summed E-state index contributed by atoms with van der Waals surface area (Å²) in [7, 11) is 0. The van der Waals surface area contributed by atoms with Gasteiger partial charge in [-0.3, -0.25) is 0 Å². The highest BCUT2D eigenvalue weighted by Gasteiger charge is 2.36. The smallest absolute Gasteiger partial charge is 0.405 e. The highest BCUT2D eigenvalue weighted by Crippen LogP contribution is 2.29. The molecule has 0 saturated carbocycles. The summed E-state index contributed by atoms with van der Waals surface area (Å²) in [6.45, 7) is 4.86. The fourth-order valence-corrected chi connectivity index (χ4v) is 2.15. The predicted octanol–water partition coefficient (Wildman–Crippen LogP) is 4.31. The van der Waals surface area contributed by atoms with E-state index in [1.54, 1.807) is 20.8 Å². The summed E-state index contributed by atoms with van der Waals surface area (Å²) >= 11 is 5.89. The van der Waals surface area contributed by atoms with Crippen molar-refractivity contribution in [2.45, 2.75) is 45.5 Å². The summed E-state index contributed by atoms with van der Waals surface area (Å²) in [6.07, 6.45) is -4.53. The molecule has 1 atom stereocenters. The van der Waals surface area contributed by atoms with Crippen molar-refractivity contribution in [2.24, 2.45) is 0 Å². The Bertz CT molecular complexity index is 648. The van der Waals surface area contributed by atoms with Gasteiger partial charge < -0.3 is 9.64 Å². The van der Waals surface area contributed by atoms with Crippen molar-refractivity contribution in [2.75, 3.05) is 11.4 Å². The van der Waals surface area contributed by atoms with Gasteiger partial charge in [-0.15, -0.1) is 0 Å². The number of nitrogens with zero attached hydrogens (tertiary/aromatic N) is 2. The Morgan fingerprint density at radius 2 is 1.96 bits per heavy atom. The Morgan fingerprint density at radius 1 is 1.38 bits per heavy atom. The van der Waals surface area contributed by atoms with Crippen molar-refractivity contribution in [3.63, 3.8) is 0 Å². The van der Waals surface area contributed by atoms with Crippen LogP contribution in [0.5, 0.6) is 0 Å². The number of carbonyl (C=O) groups excluding carboxylic acids is 1. The monoisotopic (exact) mass is 362 g/mol. The van der Waals surface area contributed by atoms with Crippen molar-refractivity contribution < 1.29 is 22.7 Å². The number of ether oxygens (including phenoxy) is 1. The lowest BCUT2D eigenvalue weighted by Crippen LogP contribution is -2.46. The quantitative estimate of drug-likeness (QED) is 0.749. The summed E-state index contributed by atoms with van der Waals surface area (Å²) in [4.78, 5) is 13.0. The van der Waals surface area contributed by atoms with Crippen LogP contribution in [0.3, 0.4) is 0 Å². The van der Waals surface area contributed by atoms with Gasteiger partial charge in [0.15, 0.2) is 0 Å². The summed E-state index contributed by atoms with van der Waals surface area (Å²) < 4.78 is 43.9. The molecular weight excluding hydrogens is 345 g/mol. The van der Waals surface area contributed by atoms with Gasteiger partial charge in [-0.25, -0.2) is 4.79 Å². The zero-order chi connectivity index (χ0) is 18.7. The molecule has 0 spiro atoms. The molecule has 4 nitrogen and oxygen atoms in total. The molecule has 0 fully saturated rings. The second kappa shape index (κ2) is 7.31. The van der Waals surface area contributed by atoms with Crippen LogP contribution >= 0.6 is 11.6 Å². The van der Waals surface area contributed by atoms with Crippen molar-refractivity contribution in [1.29, 1.82) is 5.26 Å². The van der Waals surface area contributed by atoms with E-state index >= 15 is 0 Å². The van der Waals surface area contributed by atoms with Crippen LogP contribution in [-0.2, 0) is 9.53 Å². The first kappa shape index (κ1) is 20.1. The fraction of sp³-hybridized carbons (Fsp3) is 0.500. The second-order valence-electron chi connectivity index (χ2n) is 6.23. The Morgan fingerprint density at radius 3 is 2.38 bits per heavy atom. The maximum atomic E-state index is 12.9. The molecule has 1 rings (SSSR count). The Kier molecular flexibility index (Phi) is 6.12. The van der Waals surface area contributed by atoms with E-state index in [2.05, 4.69) is 0 Å². The average molecular weight is 363 g/mol. The number of alkyl halides is 3. The Balaban J connectivity index is 3.19. The minimum atomic E-state index is -4.53. The van der Waals surface area contributed by atoms with E-state index < -0.39 is 30.3 Å². The molecule has 0 N–H and O–H groups in total. The average Bonchev–Trinajstić information content (AvgIpc) is 2.41. The predicted molar refractivity (Wildman–Crippen MR) is 84.9 cm³/mol. The third kappa shape index (κ3) is 5.93. The van der Waals surface area contributed by atoms with Crippen LogP contribution in [0.15, 0.2) is 18.2 Å². The maximum Gasteiger partial charge on any atom is 0.405 e. The molecule has 1 aromatic carbocycles. The molecule has 0 aliphatic rings. The first-order valence-corrected chi connectivity index (χ1v) is 7.48. The van der Waals surface area contributed by atoms with Gasteiger partial charge in [-0.1, -0.05) is 11.6 Å². The van der Waals surface area contributed by atoms with Crippen LogP contribution < -0.4 is 4.90 Å². The van der Waals surface area contributed by atoms with Gasteiger partial charge in [0, 0.05) is 5.69 Å². The SMILES string of the molecule is C[C@@H](C(=O)OC(C)(C)C)N(CC(F)(F)F)c1ccc(C#N)c(Cl)c1. The van der Waals surface area contributed by atoms with Crippen LogP contribution in [0.4, 0.5) is 18.9 Å². The van der Waals surface area contributed by atoms with E-state index in [1.165, 1.54) is 25.1 Å². The molecule has 0 unspecified atom stereocenters. The molecule has 0 amide bonds. The normalized spacial score (nSPS) is 13.1. The molecule has 0 aliphatic carbocycles. The van der Waals surface area contributed by atoms with Gasteiger partial charge in [-0.2, -0.15) is 18.4 Å². The van der Waals surface area contributed by atoms with Crippen LogP contribution in [-0.4, -0.2) is 30.3 Å². The molecule has 132 valence electrons. The van der Waals surface area contributed by atoms with Gasteiger partial charge in [0.05, 0.1) is 10.6 Å². The van der Waals surface area contributed by atoms with Crippen LogP contribution in [0, 0.1) is 11.3 Å². The molecule has 0 saturated heterocycles. The minimum Gasteiger partial charge on any atom is -0.458 e. The van der Waals surface area contributed by atoms with Crippen LogP contribution in [0.25, 0.3) is 0 Å². The van der Waals surface area contributed by atoms with Gasteiger partial charge in [-0.05, 0) is 45.9 Å². The van der Waals surface area contributed by atoms with Crippen molar-refractivity contribution in [1.82, 2.24) is 0 Å². The van der Waals surface area contributed by atoms with E-state index in [-0.39, 0.29) is 16.3 Å². The fourth-order valence-electron chi connectivity index (χ4n) is 1.93. The highest BCUT2D eigenvalue weighted by molar-refractivity contribution is 6.32. The van der Waals surface area contributed by atoms with Gasteiger partial charge >= 0.3 is 12.1 Å². The van der Waals surface area contributed by atoms with Crippen LogP contribution in [0.2, 0.25) is 5.02 Å². The molecule has 0 heterocycles. The standard InChI is InChI=1S/C16H18ClF3N2O2/c1-10(14(23)24-15(2,3)4)22(9-16(18,19)20)12-6-5-11(8-21)13(17)7-12/h5-7,10H,9H2,1-4H3/t10-/m0/s1. The molecule has 8 heteroatoms. The lowest BCUT2D eigenvalue weighted by molar-refractivity contribution is -0.157. The number of halogens is 4. The number of benzene rings is 1. The second-order valence-corrected chi connectivity index (χ2v) is 6.64. The largest absolute Gasteiger partial charge is 0.458 e. The van der Waals surface area contributed by atoms with E-state index in [4.69, 9.17) is 21.6 Å². The summed E-state index contributed by atoms with van der Waals surface area (Å²) in [5.74, 6) is -0.785. The third-order valence-electron chi connectivity index (χ3n) is 2.97. The number of carbonyl (C=O) groups is 1. The van der Waals surface area contributed by atoms with E-state index in [9.17, 15) is 18.0 Å². The van der Waals surface area contributed by atoms with E-state index in [0.29, 0.717) is 0 Å². The zero-order valence-corrected chi connectivity index (χ0v) is 14.5. The Labute approximate surface area is 143 Å². The third-order valence-corrected chi connectivity index (χ3v) is 3.28. The molecule has 1 aromatic rings. The van der Waals surface area contributed by atoms with Crippen molar-refractivity contribution in [3.8, 4) is 6.07 Å². The molecule has 0 aromatic heterocycles.